The van der Waals surface area contributed by atoms with Crippen molar-refractivity contribution in [3.8, 4) is 0 Å². The molecule has 10 heavy (non-hydrogen) atoms. The van der Waals surface area contributed by atoms with Crippen molar-refractivity contribution in [2.45, 2.75) is 13.8 Å². The molecule has 0 aliphatic carbocycles. The molecule has 0 amide bonds. The maximum absolute atomic E-state index is 11.1. The molecule has 56 valence electrons. The third kappa shape index (κ3) is 0.904. The molecule has 0 spiro atoms. The van der Waals surface area contributed by atoms with Crippen LogP contribution in [0.5, 0.6) is 0 Å². The molecular formula is C7H10O2S. The van der Waals surface area contributed by atoms with Crippen LogP contribution in [0.3, 0.4) is 0 Å². The maximum atomic E-state index is 11.1. The normalized spacial score (nSPS) is 24.0. The van der Waals surface area contributed by atoms with Crippen LogP contribution in [0.15, 0.2) is 22.6 Å². The highest BCUT2D eigenvalue weighted by molar-refractivity contribution is 7.95. The number of hydrogen-bond acceptors (Lipinski definition) is 2. The summed E-state index contributed by atoms with van der Waals surface area (Å²) >= 11 is 0. The molecule has 0 aromatic heterocycles. The summed E-state index contributed by atoms with van der Waals surface area (Å²) in [7, 11) is -2.94. The van der Waals surface area contributed by atoms with Crippen LogP contribution in [0.4, 0.5) is 0 Å². The Balaban J connectivity index is 3.33. The molecule has 0 aromatic rings. The summed E-state index contributed by atoms with van der Waals surface area (Å²) in [4.78, 5) is 0.484. The SMILES string of the molecule is C=C1CS(=O)(=O)C(C)=C1C. The van der Waals surface area contributed by atoms with Gasteiger partial charge in [-0.2, -0.15) is 0 Å². The zero-order chi connectivity index (χ0) is 7.94. The Morgan fingerprint density at radius 1 is 1.40 bits per heavy atom. The van der Waals surface area contributed by atoms with Gasteiger partial charge in [0.25, 0.3) is 0 Å². The van der Waals surface area contributed by atoms with Crippen LogP contribution in [0.25, 0.3) is 0 Å². The van der Waals surface area contributed by atoms with Gasteiger partial charge in [0, 0.05) is 4.91 Å². The number of hydrogen-bond donors (Lipinski definition) is 0. The second-order valence-electron chi connectivity index (χ2n) is 2.54. The molecule has 1 heterocycles. The fourth-order valence-electron chi connectivity index (χ4n) is 0.928. The van der Waals surface area contributed by atoms with Crippen LogP contribution in [0.2, 0.25) is 0 Å². The van der Waals surface area contributed by atoms with Gasteiger partial charge in [-0.3, -0.25) is 0 Å². The summed E-state index contributed by atoms with van der Waals surface area (Å²) in [5.41, 5.74) is 1.57. The maximum Gasteiger partial charge on any atom is 0.178 e. The molecule has 0 aromatic carbocycles. The van der Waals surface area contributed by atoms with Gasteiger partial charge >= 0.3 is 0 Å². The molecule has 0 bridgehead atoms. The van der Waals surface area contributed by atoms with E-state index < -0.39 is 9.84 Å². The van der Waals surface area contributed by atoms with E-state index in [1.54, 1.807) is 13.8 Å². The van der Waals surface area contributed by atoms with E-state index in [9.17, 15) is 8.42 Å². The van der Waals surface area contributed by atoms with Crippen molar-refractivity contribution in [1.29, 1.82) is 0 Å². The largest absolute Gasteiger partial charge is 0.224 e. The summed E-state index contributed by atoms with van der Waals surface area (Å²) in [6.45, 7) is 7.07. The second-order valence-corrected chi connectivity index (χ2v) is 4.67. The van der Waals surface area contributed by atoms with E-state index >= 15 is 0 Å². The molecule has 0 fully saturated rings. The van der Waals surface area contributed by atoms with E-state index in [0.717, 1.165) is 11.1 Å². The van der Waals surface area contributed by atoms with Crippen LogP contribution < -0.4 is 0 Å². The van der Waals surface area contributed by atoms with Crippen LogP contribution >= 0.6 is 0 Å². The van der Waals surface area contributed by atoms with Gasteiger partial charge in [-0.25, -0.2) is 8.42 Å². The van der Waals surface area contributed by atoms with Crippen LogP contribution in [-0.4, -0.2) is 14.2 Å². The van der Waals surface area contributed by atoms with Gasteiger partial charge in [-0.05, 0) is 25.0 Å². The third-order valence-electron chi connectivity index (χ3n) is 1.89. The Kier molecular flexibility index (Phi) is 1.47. The molecule has 0 saturated carbocycles. The van der Waals surface area contributed by atoms with Gasteiger partial charge in [0.2, 0.25) is 0 Å². The van der Waals surface area contributed by atoms with E-state index in [-0.39, 0.29) is 5.75 Å². The predicted octanol–water partition coefficient (Wildman–Crippen LogP) is 1.26. The number of allylic oxidation sites excluding steroid dienone is 2. The first-order chi connectivity index (χ1) is 4.45. The minimum absolute atomic E-state index is 0.116. The fraction of sp³-hybridized carbons (Fsp3) is 0.429. The lowest BCUT2D eigenvalue weighted by molar-refractivity contribution is 0.606. The van der Waals surface area contributed by atoms with Gasteiger partial charge in [-0.15, -0.1) is 0 Å². The topological polar surface area (TPSA) is 34.1 Å². The molecule has 1 aliphatic rings. The van der Waals surface area contributed by atoms with Gasteiger partial charge in [0.15, 0.2) is 9.84 Å². The van der Waals surface area contributed by atoms with Gasteiger partial charge in [-0.1, -0.05) is 6.58 Å². The van der Waals surface area contributed by atoms with Crippen molar-refractivity contribution >= 4 is 9.84 Å². The molecule has 2 nitrogen and oxygen atoms in total. The van der Waals surface area contributed by atoms with Crippen LogP contribution in [0.1, 0.15) is 13.8 Å². The highest BCUT2D eigenvalue weighted by atomic mass is 32.2. The summed E-state index contributed by atoms with van der Waals surface area (Å²) in [5, 5.41) is 0. The molecular weight excluding hydrogens is 148 g/mol. The Morgan fingerprint density at radius 3 is 2.00 bits per heavy atom. The summed E-state index contributed by atoms with van der Waals surface area (Å²) in [5.74, 6) is 0.116. The Labute approximate surface area is 61.2 Å². The van der Waals surface area contributed by atoms with Gasteiger partial charge in [0.05, 0.1) is 5.75 Å². The first kappa shape index (κ1) is 7.54. The summed E-state index contributed by atoms with van der Waals surface area (Å²) < 4.78 is 22.1. The van der Waals surface area contributed by atoms with Crippen molar-refractivity contribution in [1.82, 2.24) is 0 Å². The van der Waals surface area contributed by atoms with E-state index in [1.165, 1.54) is 0 Å². The van der Waals surface area contributed by atoms with Crippen molar-refractivity contribution in [3.05, 3.63) is 22.6 Å². The molecule has 1 rings (SSSR count). The van der Waals surface area contributed by atoms with E-state index in [4.69, 9.17) is 0 Å². The molecule has 0 atom stereocenters. The quantitative estimate of drug-likeness (QED) is 0.532. The van der Waals surface area contributed by atoms with Crippen molar-refractivity contribution in [2.24, 2.45) is 0 Å². The number of rotatable bonds is 0. The highest BCUT2D eigenvalue weighted by Crippen LogP contribution is 2.27. The molecule has 0 radical (unpaired) electrons. The Hall–Kier alpha value is -0.570. The second kappa shape index (κ2) is 1.95. The zero-order valence-electron chi connectivity index (χ0n) is 6.14. The van der Waals surface area contributed by atoms with Gasteiger partial charge in [0.1, 0.15) is 0 Å². The molecule has 0 N–H and O–H groups in total. The summed E-state index contributed by atoms with van der Waals surface area (Å²) in [6, 6.07) is 0. The standard InChI is InChI=1S/C7H10O2S/c1-5-4-10(8,9)7(3)6(5)2/h1,4H2,2-3H3. The lowest BCUT2D eigenvalue weighted by Crippen LogP contribution is -1.99. The van der Waals surface area contributed by atoms with E-state index in [0.29, 0.717) is 4.91 Å². The molecule has 0 saturated heterocycles. The monoisotopic (exact) mass is 158 g/mol. The first-order valence-corrected chi connectivity index (χ1v) is 4.69. The van der Waals surface area contributed by atoms with Crippen molar-refractivity contribution in [2.75, 3.05) is 5.75 Å². The Bertz CT molecular complexity index is 306. The van der Waals surface area contributed by atoms with Crippen LogP contribution in [-0.2, 0) is 9.84 Å². The summed E-state index contributed by atoms with van der Waals surface area (Å²) in [6.07, 6.45) is 0. The van der Waals surface area contributed by atoms with Crippen molar-refractivity contribution in [3.63, 3.8) is 0 Å². The van der Waals surface area contributed by atoms with Crippen molar-refractivity contribution < 1.29 is 8.42 Å². The first-order valence-electron chi connectivity index (χ1n) is 3.03. The van der Waals surface area contributed by atoms with Crippen LogP contribution in [0, 0.1) is 0 Å². The minimum atomic E-state index is -2.94. The third-order valence-corrected chi connectivity index (χ3v) is 3.86. The molecule has 0 unspecified atom stereocenters. The molecule has 3 heteroatoms. The zero-order valence-corrected chi connectivity index (χ0v) is 6.96. The van der Waals surface area contributed by atoms with E-state index in [1.807, 2.05) is 0 Å². The fourth-order valence-corrected chi connectivity index (χ4v) is 2.43. The lowest BCUT2D eigenvalue weighted by Gasteiger charge is -1.90. The van der Waals surface area contributed by atoms with Gasteiger partial charge < -0.3 is 0 Å². The molecule has 1 aliphatic heterocycles. The predicted molar refractivity (Wildman–Crippen MR) is 41.3 cm³/mol. The minimum Gasteiger partial charge on any atom is -0.224 e. The average Bonchev–Trinajstić information content (AvgIpc) is 1.95. The highest BCUT2D eigenvalue weighted by Gasteiger charge is 2.25. The smallest absolute Gasteiger partial charge is 0.178 e. The average molecular weight is 158 g/mol. The number of sulfone groups is 1. The Morgan fingerprint density at radius 2 is 1.90 bits per heavy atom. The van der Waals surface area contributed by atoms with E-state index in [2.05, 4.69) is 6.58 Å². The lowest BCUT2D eigenvalue weighted by atomic mass is 10.2.